The van der Waals surface area contributed by atoms with Crippen molar-refractivity contribution < 1.29 is 14.3 Å². The molecule has 3 nitrogen and oxygen atoms in total. The molecule has 3 heteroatoms. The molecule has 0 bridgehead atoms. The minimum atomic E-state index is -0.0323. The summed E-state index contributed by atoms with van der Waals surface area (Å²) < 4.78 is 10.8. The molecule has 0 aromatic rings. The van der Waals surface area contributed by atoms with E-state index in [1.165, 1.54) is 51.4 Å². The Morgan fingerprint density at radius 3 is 2.50 bits per heavy atom. The molecule has 1 rings (SSSR count). The quantitative estimate of drug-likeness (QED) is 0.151. The minimum absolute atomic E-state index is 0.0323. The van der Waals surface area contributed by atoms with Crippen molar-refractivity contribution >= 4 is 5.97 Å². The zero-order chi connectivity index (χ0) is 17.5. The number of carbonyl (C=O) groups is 1. The van der Waals surface area contributed by atoms with E-state index in [2.05, 4.69) is 19.1 Å². The molecule has 24 heavy (non-hydrogen) atoms. The summed E-state index contributed by atoms with van der Waals surface area (Å²) in [5, 5.41) is 0. The van der Waals surface area contributed by atoms with E-state index in [1.54, 1.807) is 0 Å². The fourth-order valence-corrected chi connectivity index (χ4v) is 2.93. The first-order valence-electron chi connectivity index (χ1n) is 10.2. The van der Waals surface area contributed by atoms with E-state index in [1.807, 2.05) is 6.92 Å². The molecule has 140 valence electrons. The molecule has 0 amide bonds. The van der Waals surface area contributed by atoms with Crippen molar-refractivity contribution in [1.29, 1.82) is 0 Å². The van der Waals surface area contributed by atoms with Gasteiger partial charge in [0.25, 0.3) is 0 Å². The fourth-order valence-electron chi connectivity index (χ4n) is 2.93. The van der Waals surface area contributed by atoms with Crippen LogP contribution in [0.3, 0.4) is 0 Å². The van der Waals surface area contributed by atoms with Gasteiger partial charge in [-0.1, -0.05) is 64.5 Å². The van der Waals surface area contributed by atoms with Gasteiger partial charge < -0.3 is 9.47 Å². The van der Waals surface area contributed by atoms with E-state index in [-0.39, 0.29) is 5.97 Å². The van der Waals surface area contributed by atoms with E-state index < -0.39 is 0 Å². The Hall–Kier alpha value is -0.830. The number of esters is 1. The fraction of sp³-hybridized carbons (Fsp3) is 0.857. The highest BCUT2D eigenvalue weighted by Gasteiger charge is 2.36. The van der Waals surface area contributed by atoms with Crippen LogP contribution in [0.1, 0.15) is 97.3 Å². The van der Waals surface area contributed by atoms with E-state index in [0.29, 0.717) is 25.2 Å². The van der Waals surface area contributed by atoms with Crippen LogP contribution in [-0.2, 0) is 14.3 Å². The lowest BCUT2D eigenvalue weighted by Gasteiger charge is -2.02. The number of carbonyl (C=O) groups excluding carboxylic acids is 1. The number of epoxide rings is 1. The van der Waals surface area contributed by atoms with Crippen LogP contribution in [-0.4, -0.2) is 24.8 Å². The van der Waals surface area contributed by atoms with E-state index in [4.69, 9.17) is 9.47 Å². The topological polar surface area (TPSA) is 38.8 Å². The van der Waals surface area contributed by atoms with Gasteiger partial charge in [0.05, 0.1) is 18.8 Å². The minimum Gasteiger partial charge on any atom is -0.466 e. The highest BCUT2D eigenvalue weighted by molar-refractivity contribution is 5.69. The molecule has 0 saturated carbocycles. The van der Waals surface area contributed by atoms with E-state index in [9.17, 15) is 4.79 Å². The third-order valence-corrected chi connectivity index (χ3v) is 4.53. The van der Waals surface area contributed by atoms with Crippen LogP contribution in [0.15, 0.2) is 12.2 Å². The predicted octanol–water partition coefficient (Wildman–Crippen LogP) is 5.96. The average molecular weight is 339 g/mol. The highest BCUT2D eigenvalue weighted by Crippen LogP contribution is 2.30. The summed E-state index contributed by atoms with van der Waals surface area (Å²) in [7, 11) is 0. The summed E-state index contributed by atoms with van der Waals surface area (Å²) in [5.41, 5.74) is 0. The molecule has 1 fully saturated rings. The van der Waals surface area contributed by atoms with Crippen molar-refractivity contribution in [1.82, 2.24) is 0 Å². The van der Waals surface area contributed by atoms with Gasteiger partial charge in [0.1, 0.15) is 0 Å². The molecular weight excluding hydrogens is 300 g/mol. The molecule has 2 atom stereocenters. The zero-order valence-electron chi connectivity index (χ0n) is 15.9. The van der Waals surface area contributed by atoms with Crippen molar-refractivity contribution in [2.45, 2.75) is 110 Å². The highest BCUT2D eigenvalue weighted by atomic mass is 16.6. The first kappa shape index (κ1) is 21.2. The lowest BCUT2D eigenvalue weighted by atomic mass is 10.1. The Bertz CT molecular complexity index is 338. The van der Waals surface area contributed by atoms with Crippen molar-refractivity contribution in [2.75, 3.05) is 6.61 Å². The maximum Gasteiger partial charge on any atom is 0.305 e. The Labute approximate surface area is 149 Å². The number of hydrogen-bond acceptors (Lipinski definition) is 3. The summed E-state index contributed by atoms with van der Waals surface area (Å²) in [6, 6.07) is 0. The Kier molecular flexibility index (Phi) is 12.8. The predicted molar refractivity (Wildman–Crippen MR) is 100 cm³/mol. The first-order valence-corrected chi connectivity index (χ1v) is 10.2. The Morgan fingerprint density at radius 2 is 1.71 bits per heavy atom. The van der Waals surface area contributed by atoms with Crippen molar-refractivity contribution in [3.05, 3.63) is 12.2 Å². The van der Waals surface area contributed by atoms with Gasteiger partial charge in [-0.25, -0.2) is 0 Å². The Morgan fingerprint density at radius 1 is 0.917 bits per heavy atom. The van der Waals surface area contributed by atoms with Gasteiger partial charge in [-0.05, 0) is 38.5 Å². The number of unbranched alkanes of at least 4 members (excludes halogenated alkanes) is 7. The normalized spacial score (nSPS) is 19.8. The second kappa shape index (κ2) is 14.5. The maximum atomic E-state index is 11.3. The van der Waals surface area contributed by atoms with Crippen LogP contribution in [0.2, 0.25) is 0 Å². The molecule has 0 radical (unpaired) electrons. The van der Waals surface area contributed by atoms with Crippen LogP contribution >= 0.6 is 0 Å². The number of hydrogen-bond donors (Lipinski definition) is 0. The smallest absolute Gasteiger partial charge is 0.305 e. The summed E-state index contributed by atoms with van der Waals surface area (Å²) in [5.74, 6) is -0.0323. The van der Waals surface area contributed by atoms with Crippen LogP contribution in [0.25, 0.3) is 0 Å². The van der Waals surface area contributed by atoms with Crippen molar-refractivity contribution in [3.63, 3.8) is 0 Å². The van der Waals surface area contributed by atoms with Gasteiger partial charge >= 0.3 is 5.97 Å². The monoisotopic (exact) mass is 338 g/mol. The average Bonchev–Trinajstić information content (AvgIpc) is 3.33. The van der Waals surface area contributed by atoms with E-state index >= 15 is 0 Å². The third-order valence-electron chi connectivity index (χ3n) is 4.53. The number of ether oxygens (including phenoxy) is 2. The zero-order valence-corrected chi connectivity index (χ0v) is 15.9. The summed E-state index contributed by atoms with van der Waals surface area (Å²) in [6.45, 7) is 4.83. The van der Waals surface area contributed by atoms with Crippen LogP contribution in [0.5, 0.6) is 0 Å². The second-order valence-corrected chi connectivity index (χ2v) is 6.94. The molecule has 0 spiro atoms. The SMILES string of the molecule is CCCCCC1OC1C/C=C\CCCCCCCC(=O)OCCC. The number of allylic oxidation sites excluding steroid dienone is 1. The van der Waals surface area contributed by atoms with Crippen molar-refractivity contribution in [3.8, 4) is 0 Å². The summed E-state index contributed by atoms with van der Waals surface area (Å²) >= 11 is 0. The molecular formula is C21H38O3. The molecule has 0 aromatic carbocycles. The van der Waals surface area contributed by atoms with Gasteiger partial charge in [-0.3, -0.25) is 4.79 Å². The molecule has 2 unspecified atom stereocenters. The van der Waals surface area contributed by atoms with Gasteiger partial charge in [0.15, 0.2) is 0 Å². The molecule has 1 aliphatic rings. The molecule has 1 saturated heterocycles. The van der Waals surface area contributed by atoms with Crippen LogP contribution in [0, 0.1) is 0 Å². The van der Waals surface area contributed by atoms with Gasteiger partial charge in [0, 0.05) is 6.42 Å². The molecule has 1 heterocycles. The largest absolute Gasteiger partial charge is 0.466 e. The van der Waals surface area contributed by atoms with Crippen LogP contribution in [0.4, 0.5) is 0 Å². The molecule has 0 N–H and O–H groups in total. The molecule has 0 aromatic heterocycles. The summed E-state index contributed by atoms with van der Waals surface area (Å²) in [6.07, 6.45) is 20.5. The molecule has 1 aliphatic heterocycles. The van der Waals surface area contributed by atoms with Gasteiger partial charge in [-0.2, -0.15) is 0 Å². The first-order chi connectivity index (χ1) is 11.8. The standard InChI is InChI=1S/C21H38O3/c1-3-5-12-15-19-20(24-19)16-13-10-8-6-7-9-11-14-17-21(22)23-18-4-2/h10,13,19-20H,3-9,11-12,14-18H2,1-2H3/b13-10-. The van der Waals surface area contributed by atoms with E-state index in [0.717, 1.165) is 25.7 Å². The molecule has 0 aliphatic carbocycles. The Balaban J connectivity index is 1.80. The summed E-state index contributed by atoms with van der Waals surface area (Å²) in [4.78, 5) is 11.3. The number of rotatable bonds is 16. The lowest BCUT2D eigenvalue weighted by Crippen LogP contribution is -2.04. The lowest BCUT2D eigenvalue weighted by molar-refractivity contribution is -0.143. The van der Waals surface area contributed by atoms with Gasteiger partial charge in [-0.15, -0.1) is 0 Å². The second-order valence-electron chi connectivity index (χ2n) is 6.94. The van der Waals surface area contributed by atoms with Crippen LogP contribution < -0.4 is 0 Å². The van der Waals surface area contributed by atoms with Gasteiger partial charge in [0.2, 0.25) is 0 Å². The maximum absolute atomic E-state index is 11.3. The third kappa shape index (κ3) is 11.7. The van der Waals surface area contributed by atoms with Crippen molar-refractivity contribution in [2.24, 2.45) is 0 Å².